The Morgan fingerprint density at radius 2 is 1.48 bits per heavy atom. The summed E-state index contributed by atoms with van der Waals surface area (Å²) in [4.78, 5) is 18.8. The van der Waals surface area contributed by atoms with Crippen LogP contribution in [0.5, 0.6) is 0 Å². The lowest BCUT2D eigenvalue weighted by Crippen LogP contribution is -2.27. The quantitative estimate of drug-likeness (QED) is 0.408. The lowest BCUT2D eigenvalue weighted by molar-refractivity contribution is -0.386. The Labute approximate surface area is 149 Å². The Balaban J connectivity index is 2.48. The third-order valence-corrected chi connectivity index (χ3v) is 4.57. The first-order chi connectivity index (χ1) is 12.4. The van der Waals surface area contributed by atoms with E-state index >= 15 is 0 Å². The maximum Gasteiger partial charge on any atom is 0.420 e. The first-order valence-electron chi connectivity index (χ1n) is 6.91. The van der Waals surface area contributed by atoms with Gasteiger partial charge in [0, 0.05) is 18.2 Å². The van der Waals surface area contributed by atoms with Gasteiger partial charge in [-0.15, -0.1) is 0 Å². The van der Waals surface area contributed by atoms with Gasteiger partial charge >= 0.3 is 6.18 Å². The average molecular weight is 406 g/mol. The molecule has 2 aromatic carbocycles. The fourth-order valence-corrected chi connectivity index (χ4v) is 3.12. The van der Waals surface area contributed by atoms with Crippen molar-refractivity contribution < 1.29 is 35.6 Å². The topological polar surface area (TPSA) is 130 Å². The maximum absolute atomic E-state index is 13.4. The molecule has 9 nitrogen and oxygen atoms in total. The van der Waals surface area contributed by atoms with Crippen LogP contribution in [0.1, 0.15) is 11.7 Å². The summed E-state index contributed by atoms with van der Waals surface area (Å²) in [6.07, 6.45) is -8.43. The number of benzene rings is 2. The largest absolute Gasteiger partial charge is 0.420 e. The van der Waals surface area contributed by atoms with Gasteiger partial charge in [0.25, 0.3) is 21.5 Å². The molecule has 0 saturated carbocycles. The van der Waals surface area contributed by atoms with E-state index in [-0.39, 0.29) is 0 Å². The van der Waals surface area contributed by atoms with Crippen LogP contribution in [0.15, 0.2) is 53.4 Å². The van der Waals surface area contributed by atoms with E-state index in [9.17, 15) is 41.8 Å². The van der Waals surface area contributed by atoms with Gasteiger partial charge in [-0.3, -0.25) is 20.2 Å². The molecular weight excluding hydrogens is 397 g/mol. The van der Waals surface area contributed by atoms with Crippen molar-refractivity contribution in [2.24, 2.45) is 0 Å². The van der Waals surface area contributed by atoms with Crippen molar-refractivity contribution in [3.63, 3.8) is 0 Å². The molecule has 0 amide bonds. The minimum atomic E-state index is -5.29. The summed E-state index contributed by atoms with van der Waals surface area (Å²) in [5.41, 5.74) is -2.46. The second-order valence-electron chi connectivity index (χ2n) is 5.04. The van der Waals surface area contributed by atoms with Gasteiger partial charge in [0.1, 0.15) is 0 Å². The van der Waals surface area contributed by atoms with Crippen molar-refractivity contribution in [2.45, 2.75) is 17.2 Å². The number of rotatable bonds is 6. The van der Waals surface area contributed by atoms with E-state index in [2.05, 4.69) is 4.18 Å². The predicted octanol–water partition coefficient (Wildman–Crippen LogP) is 3.51. The fraction of sp³-hybridized carbons (Fsp3) is 0.143. The minimum Gasteiger partial charge on any atom is -0.258 e. The van der Waals surface area contributed by atoms with Gasteiger partial charge in [-0.05, 0) is 18.2 Å². The van der Waals surface area contributed by atoms with Crippen LogP contribution in [0, 0.1) is 20.2 Å². The zero-order valence-corrected chi connectivity index (χ0v) is 13.8. The Morgan fingerprint density at radius 3 is 1.96 bits per heavy atom. The van der Waals surface area contributed by atoms with Crippen molar-refractivity contribution >= 4 is 21.5 Å². The highest BCUT2D eigenvalue weighted by Crippen LogP contribution is 2.41. The van der Waals surface area contributed by atoms with E-state index in [0.717, 1.165) is 36.4 Å². The number of nitrogens with zero attached hydrogens (tertiary/aromatic N) is 2. The zero-order valence-electron chi connectivity index (χ0n) is 13.0. The molecule has 0 radical (unpaired) electrons. The Bertz CT molecular complexity index is 975. The Kier molecular flexibility index (Phi) is 5.46. The molecule has 0 aliphatic heterocycles. The predicted molar refractivity (Wildman–Crippen MR) is 83.3 cm³/mol. The number of non-ortho nitro benzene ring substituents is 1. The van der Waals surface area contributed by atoms with Gasteiger partial charge in [0.2, 0.25) is 6.10 Å². The van der Waals surface area contributed by atoms with E-state index in [0.29, 0.717) is 12.1 Å². The molecule has 1 atom stereocenters. The summed E-state index contributed by atoms with van der Waals surface area (Å²) in [5, 5.41) is 21.5. The molecule has 1 unspecified atom stereocenters. The molecule has 0 aliphatic carbocycles. The van der Waals surface area contributed by atoms with Gasteiger partial charge in [-0.25, -0.2) is 4.18 Å². The molecule has 27 heavy (non-hydrogen) atoms. The van der Waals surface area contributed by atoms with Crippen molar-refractivity contribution in [1.82, 2.24) is 0 Å². The van der Waals surface area contributed by atoms with E-state index in [1.807, 2.05) is 0 Å². The molecule has 144 valence electrons. The van der Waals surface area contributed by atoms with Crippen molar-refractivity contribution in [3.8, 4) is 0 Å². The van der Waals surface area contributed by atoms with E-state index in [1.54, 1.807) is 0 Å². The second kappa shape index (κ2) is 7.28. The second-order valence-corrected chi connectivity index (χ2v) is 6.61. The molecule has 0 saturated heterocycles. The molecule has 0 aromatic heterocycles. The van der Waals surface area contributed by atoms with E-state index in [4.69, 9.17) is 0 Å². The van der Waals surface area contributed by atoms with Crippen LogP contribution >= 0.6 is 0 Å². The van der Waals surface area contributed by atoms with Gasteiger partial charge in [-0.1, -0.05) is 12.1 Å². The average Bonchev–Trinajstić information content (AvgIpc) is 2.59. The highest BCUT2D eigenvalue weighted by molar-refractivity contribution is 7.86. The van der Waals surface area contributed by atoms with Gasteiger partial charge in [0.15, 0.2) is 0 Å². The van der Waals surface area contributed by atoms with Crippen LogP contribution in [0.25, 0.3) is 0 Å². The van der Waals surface area contributed by atoms with Crippen LogP contribution in [-0.4, -0.2) is 24.4 Å². The number of hydrogen-bond donors (Lipinski definition) is 0. The van der Waals surface area contributed by atoms with E-state index in [1.165, 1.54) is 0 Å². The molecule has 0 bridgehead atoms. The summed E-state index contributed by atoms with van der Waals surface area (Å²) in [6.45, 7) is 0. The van der Waals surface area contributed by atoms with Crippen LogP contribution in [0.3, 0.4) is 0 Å². The van der Waals surface area contributed by atoms with E-state index < -0.39 is 54.1 Å². The first kappa shape index (κ1) is 20.3. The molecule has 2 rings (SSSR count). The van der Waals surface area contributed by atoms with Crippen LogP contribution in [-0.2, 0) is 14.3 Å². The zero-order chi connectivity index (χ0) is 20.4. The number of nitro groups is 2. The molecule has 0 fully saturated rings. The molecule has 2 aromatic rings. The molecule has 0 N–H and O–H groups in total. The number of alkyl halides is 3. The van der Waals surface area contributed by atoms with Crippen LogP contribution in [0.2, 0.25) is 0 Å². The summed E-state index contributed by atoms with van der Waals surface area (Å²) in [6, 6.07) is 6.59. The summed E-state index contributed by atoms with van der Waals surface area (Å²) >= 11 is 0. The molecule has 0 heterocycles. The smallest absolute Gasteiger partial charge is 0.258 e. The molecular formula is C14H9F3N2O7S. The SMILES string of the molecule is O=[N+]([O-])c1ccc(S(=O)(=O)OC(c2ccccc2[N+](=O)[O-])C(F)(F)F)cc1. The Morgan fingerprint density at radius 1 is 0.926 bits per heavy atom. The normalized spacial score (nSPS) is 13.1. The lowest BCUT2D eigenvalue weighted by atomic mass is 10.1. The number of halogens is 3. The minimum absolute atomic E-state index is 0.486. The lowest BCUT2D eigenvalue weighted by Gasteiger charge is -2.20. The van der Waals surface area contributed by atoms with Crippen LogP contribution < -0.4 is 0 Å². The standard InChI is InChI=1S/C14H9F3N2O7S/c15-14(16,17)13(11-3-1-2-4-12(11)19(22)23)26-27(24,25)10-7-5-9(6-8-10)18(20)21/h1-8,13H. The fourth-order valence-electron chi connectivity index (χ4n) is 2.07. The van der Waals surface area contributed by atoms with Gasteiger partial charge < -0.3 is 0 Å². The van der Waals surface area contributed by atoms with Crippen molar-refractivity contribution in [3.05, 3.63) is 74.3 Å². The highest BCUT2D eigenvalue weighted by atomic mass is 32.2. The number of para-hydroxylation sites is 1. The maximum atomic E-state index is 13.4. The Hall–Kier alpha value is -3.06. The van der Waals surface area contributed by atoms with Gasteiger partial charge in [0.05, 0.1) is 20.3 Å². The van der Waals surface area contributed by atoms with Crippen molar-refractivity contribution in [1.29, 1.82) is 0 Å². The summed E-state index contributed by atoms with van der Waals surface area (Å²) in [5.74, 6) is 0. The first-order valence-corrected chi connectivity index (χ1v) is 8.32. The molecule has 0 aliphatic rings. The number of nitro benzene ring substituents is 2. The number of hydrogen-bond acceptors (Lipinski definition) is 7. The van der Waals surface area contributed by atoms with Crippen molar-refractivity contribution in [2.75, 3.05) is 0 Å². The third-order valence-electron chi connectivity index (χ3n) is 3.27. The van der Waals surface area contributed by atoms with Crippen LogP contribution in [0.4, 0.5) is 24.5 Å². The molecule has 0 spiro atoms. The third kappa shape index (κ3) is 4.57. The summed E-state index contributed by atoms with van der Waals surface area (Å²) < 4.78 is 68.7. The molecule has 13 heteroatoms. The van der Waals surface area contributed by atoms with Gasteiger partial charge in [-0.2, -0.15) is 21.6 Å². The monoisotopic (exact) mass is 406 g/mol. The highest BCUT2D eigenvalue weighted by Gasteiger charge is 2.48. The summed E-state index contributed by atoms with van der Waals surface area (Å²) in [7, 11) is -5.04.